The Kier molecular flexibility index (Phi) is 9.26. The molecule has 61 heavy (non-hydrogen) atoms. The lowest BCUT2D eigenvalue weighted by Crippen LogP contribution is -2.09. The lowest BCUT2D eigenvalue weighted by molar-refractivity contribution is 1.29. The minimum atomic E-state index is 1.11. The molecule has 286 valence electrons. The Morgan fingerprint density at radius 2 is 0.754 bits per heavy atom. The van der Waals surface area contributed by atoms with Gasteiger partial charge in [0.1, 0.15) is 0 Å². The quantitative estimate of drug-likeness (QED) is 0.110. The van der Waals surface area contributed by atoms with E-state index in [2.05, 4.69) is 254 Å². The molecule has 0 aliphatic rings. The van der Waals surface area contributed by atoms with Gasteiger partial charge in [-0.1, -0.05) is 212 Å². The number of rotatable bonds is 8. The highest BCUT2D eigenvalue weighted by Crippen LogP contribution is 2.45. The largest absolute Gasteiger partial charge is 0.310 e. The SMILES string of the molecule is C(=Cc1ccc(-c2ccccc2)c2ccccc12)c1ccc(-c2c3ccccc3c(-c3ccc(N(c4ccccc4)c4ccc5ccccc5c4)cc3)c3ccccc23)cc1. The van der Waals surface area contributed by atoms with Gasteiger partial charge in [-0.25, -0.2) is 0 Å². The molecule has 0 aliphatic carbocycles. The first-order chi connectivity index (χ1) is 30.3. The molecule has 0 heterocycles. The summed E-state index contributed by atoms with van der Waals surface area (Å²) < 4.78 is 0. The van der Waals surface area contributed by atoms with Gasteiger partial charge in [0.15, 0.2) is 0 Å². The second kappa shape index (κ2) is 15.6. The number of fused-ring (bicyclic) bond motifs is 4. The molecular weight excluding hydrogens is 735 g/mol. The molecule has 0 aliphatic heterocycles. The van der Waals surface area contributed by atoms with Crippen LogP contribution in [0.5, 0.6) is 0 Å². The Hall–Kier alpha value is -8.00. The van der Waals surface area contributed by atoms with Gasteiger partial charge in [-0.15, -0.1) is 0 Å². The topological polar surface area (TPSA) is 3.24 Å². The fourth-order valence-corrected chi connectivity index (χ4v) is 9.15. The van der Waals surface area contributed by atoms with E-state index in [1.807, 2.05) is 0 Å². The van der Waals surface area contributed by atoms with E-state index in [0.717, 1.165) is 17.1 Å². The third kappa shape index (κ3) is 6.73. The zero-order valence-electron chi connectivity index (χ0n) is 33.6. The van der Waals surface area contributed by atoms with Gasteiger partial charge in [0.05, 0.1) is 0 Å². The summed E-state index contributed by atoms with van der Waals surface area (Å²) in [6.45, 7) is 0. The Labute approximate surface area is 356 Å². The molecule has 1 nitrogen and oxygen atoms in total. The van der Waals surface area contributed by atoms with Gasteiger partial charge in [0.2, 0.25) is 0 Å². The molecule has 0 amide bonds. The summed E-state index contributed by atoms with van der Waals surface area (Å²) in [6, 6.07) is 85.7. The Morgan fingerprint density at radius 1 is 0.279 bits per heavy atom. The maximum atomic E-state index is 2.35. The molecule has 0 spiro atoms. The monoisotopic (exact) mass is 775 g/mol. The average molecular weight is 776 g/mol. The van der Waals surface area contributed by atoms with Crippen molar-refractivity contribution in [3.63, 3.8) is 0 Å². The molecule has 0 radical (unpaired) electrons. The van der Waals surface area contributed by atoms with Crippen LogP contribution < -0.4 is 4.90 Å². The van der Waals surface area contributed by atoms with Crippen LogP contribution in [-0.2, 0) is 0 Å². The van der Waals surface area contributed by atoms with Crippen molar-refractivity contribution < 1.29 is 0 Å². The van der Waals surface area contributed by atoms with Crippen LogP contribution >= 0.6 is 0 Å². The Morgan fingerprint density at radius 3 is 1.38 bits per heavy atom. The van der Waals surface area contributed by atoms with E-state index < -0.39 is 0 Å². The first-order valence-corrected chi connectivity index (χ1v) is 21.0. The van der Waals surface area contributed by atoms with Crippen LogP contribution in [0.15, 0.2) is 237 Å². The molecule has 0 fully saturated rings. The third-order valence-corrected chi connectivity index (χ3v) is 12.0. The van der Waals surface area contributed by atoms with Gasteiger partial charge in [-0.3, -0.25) is 0 Å². The molecule has 11 aromatic rings. The standard InChI is InChI=1S/C60H41N/c1-3-16-44(17-4-1)53-40-36-45(52-21-9-10-22-54(52)53)30-27-42-28-31-46(32-29-42)59-55-23-11-13-25-57(55)60(58-26-14-12-24-56(58)59)47-34-37-50(38-35-47)61(49-19-5-2-6-20-49)51-39-33-43-15-7-8-18-48(43)41-51/h1-41H. The van der Waals surface area contributed by atoms with Crippen molar-refractivity contribution in [2.45, 2.75) is 0 Å². The minimum absolute atomic E-state index is 1.11. The van der Waals surface area contributed by atoms with Gasteiger partial charge in [0.25, 0.3) is 0 Å². The van der Waals surface area contributed by atoms with Crippen LogP contribution in [0.25, 0.3) is 88.6 Å². The first kappa shape index (κ1) is 36.1. The lowest BCUT2D eigenvalue weighted by atomic mass is 9.86. The van der Waals surface area contributed by atoms with E-state index in [1.54, 1.807) is 0 Å². The number of hydrogen-bond donors (Lipinski definition) is 0. The lowest BCUT2D eigenvalue weighted by Gasteiger charge is -2.26. The predicted octanol–water partition coefficient (Wildman–Crippen LogP) is 16.9. The highest BCUT2D eigenvalue weighted by molar-refractivity contribution is 6.21. The van der Waals surface area contributed by atoms with Gasteiger partial charge < -0.3 is 4.90 Å². The summed E-state index contributed by atoms with van der Waals surface area (Å²) in [5.41, 5.74) is 13.1. The highest BCUT2D eigenvalue weighted by atomic mass is 15.1. The van der Waals surface area contributed by atoms with E-state index in [-0.39, 0.29) is 0 Å². The molecule has 0 saturated carbocycles. The number of para-hydroxylation sites is 1. The smallest absolute Gasteiger partial charge is 0.0468 e. The van der Waals surface area contributed by atoms with E-state index >= 15 is 0 Å². The molecule has 0 saturated heterocycles. The zero-order chi connectivity index (χ0) is 40.5. The van der Waals surface area contributed by atoms with Crippen LogP contribution in [0.2, 0.25) is 0 Å². The number of anilines is 3. The molecule has 1 heteroatoms. The summed E-state index contributed by atoms with van der Waals surface area (Å²) in [7, 11) is 0. The van der Waals surface area contributed by atoms with Crippen LogP contribution in [0.3, 0.4) is 0 Å². The molecule has 0 bridgehead atoms. The number of benzene rings is 11. The second-order valence-corrected chi connectivity index (χ2v) is 15.7. The Bertz CT molecular complexity index is 3330. The van der Waals surface area contributed by atoms with Gasteiger partial charge in [0, 0.05) is 17.1 Å². The zero-order valence-corrected chi connectivity index (χ0v) is 33.6. The summed E-state index contributed by atoms with van der Waals surface area (Å²) in [5.74, 6) is 0. The van der Waals surface area contributed by atoms with Crippen LogP contribution in [0.1, 0.15) is 11.1 Å². The second-order valence-electron chi connectivity index (χ2n) is 15.7. The van der Waals surface area contributed by atoms with Gasteiger partial charge in [-0.2, -0.15) is 0 Å². The van der Waals surface area contributed by atoms with E-state index in [1.165, 1.54) is 87.6 Å². The van der Waals surface area contributed by atoms with Crippen molar-refractivity contribution >= 4 is 72.3 Å². The molecule has 0 atom stereocenters. The summed E-state index contributed by atoms with van der Waals surface area (Å²) in [4.78, 5) is 2.35. The normalized spacial score (nSPS) is 11.5. The first-order valence-electron chi connectivity index (χ1n) is 21.0. The predicted molar refractivity (Wildman–Crippen MR) is 263 cm³/mol. The van der Waals surface area contributed by atoms with Crippen molar-refractivity contribution in [2.24, 2.45) is 0 Å². The summed E-state index contributed by atoms with van der Waals surface area (Å²) >= 11 is 0. The molecule has 11 rings (SSSR count). The fourth-order valence-electron chi connectivity index (χ4n) is 9.15. The highest BCUT2D eigenvalue weighted by Gasteiger charge is 2.18. The Balaban J connectivity index is 0.959. The molecular formula is C60H41N. The minimum Gasteiger partial charge on any atom is -0.310 e. The molecule has 0 N–H and O–H groups in total. The van der Waals surface area contributed by atoms with Crippen molar-refractivity contribution in [3.8, 4) is 33.4 Å². The van der Waals surface area contributed by atoms with E-state index in [9.17, 15) is 0 Å². The van der Waals surface area contributed by atoms with Gasteiger partial charge >= 0.3 is 0 Å². The average Bonchev–Trinajstić information content (AvgIpc) is 3.33. The summed E-state index contributed by atoms with van der Waals surface area (Å²) in [5, 5.41) is 9.95. The van der Waals surface area contributed by atoms with Crippen LogP contribution in [0, 0.1) is 0 Å². The number of hydrogen-bond acceptors (Lipinski definition) is 1. The van der Waals surface area contributed by atoms with Gasteiger partial charge in [-0.05, 0) is 124 Å². The van der Waals surface area contributed by atoms with Crippen molar-refractivity contribution in [3.05, 3.63) is 248 Å². The van der Waals surface area contributed by atoms with Crippen molar-refractivity contribution in [1.29, 1.82) is 0 Å². The fraction of sp³-hybridized carbons (Fsp3) is 0. The summed E-state index contributed by atoms with van der Waals surface area (Å²) in [6.07, 6.45) is 4.48. The van der Waals surface area contributed by atoms with Crippen molar-refractivity contribution in [1.82, 2.24) is 0 Å². The molecule has 0 unspecified atom stereocenters. The van der Waals surface area contributed by atoms with E-state index in [0.29, 0.717) is 0 Å². The van der Waals surface area contributed by atoms with E-state index in [4.69, 9.17) is 0 Å². The molecule has 11 aromatic carbocycles. The van der Waals surface area contributed by atoms with Crippen LogP contribution in [-0.4, -0.2) is 0 Å². The van der Waals surface area contributed by atoms with Crippen molar-refractivity contribution in [2.75, 3.05) is 4.90 Å². The maximum Gasteiger partial charge on any atom is 0.0468 e. The maximum absolute atomic E-state index is 2.35. The van der Waals surface area contributed by atoms with Crippen LogP contribution in [0.4, 0.5) is 17.1 Å². The molecule has 0 aromatic heterocycles. The third-order valence-electron chi connectivity index (χ3n) is 12.0. The number of nitrogens with zero attached hydrogens (tertiary/aromatic N) is 1.